The quantitative estimate of drug-likeness (QED) is 0.914. The molecular weight excluding hydrogens is 258 g/mol. The Morgan fingerprint density at radius 2 is 2.15 bits per heavy atom. The molecule has 1 N–H and O–H groups in total. The molecule has 1 aromatic rings. The number of rotatable bonds is 3. The normalized spacial score (nSPS) is 22.5. The number of nitrogens with zero attached hydrogens (tertiary/aromatic N) is 1. The van der Waals surface area contributed by atoms with E-state index in [1.165, 1.54) is 0 Å². The number of piperidine rings is 1. The number of carboxylic acids is 1. The maximum atomic E-state index is 11.3. The largest absolute Gasteiger partial charge is 0.486 e. The van der Waals surface area contributed by atoms with E-state index in [0.29, 0.717) is 19.8 Å². The number of aliphatic carboxylic acids is 1. The summed E-state index contributed by atoms with van der Waals surface area (Å²) in [6, 6.07) is 5.43. The van der Waals surface area contributed by atoms with Gasteiger partial charge < -0.3 is 14.6 Å². The molecule has 1 saturated heterocycles. The van der Waals surface area contributed by atoms with Crippen molar-refractivity contribution in [3.8, 4) is 11.5 Å². The number of carbonyl (C=O) groups is 1. The SMILES string of the molecule is O=C(O)[C@@H]1CCCCN1Cc1cccc2c1OCCO2. The van der Waals surface area contributed by atoms with Gasteiger partial charge in [-0.2, -0.15) is 0 Å². The van der Waals surface area contributed by atoms with Gasteiger partial charge in [-0.3, -0.25) is 9.69 Å². The van der Waals surface area contributed by atoms with Crippen LogP contribution < -0.4 is 9.47 Å². The van der Waals surface area contributed by atoms with Gasteiger partial charge in [0.25, 0.3) is 0 Å². The van der Waals surface area contributed by atoms with Gasteiger partial charge in [-0.15, -0.1) is 0 Å². The highest BCUT2D eigenvalue weighted by Gasteiger charge is 2.29. The Hall–Kier alpha value is -1.75. The second-order valence-electron chi connectivity index (χ2n) is 5.26. The van der Waals surface area contributed by atoms with Crippen molar-refractivity contribution >= 4 is 5.97 Å². The van der Waals surface area contributed by atoms with Crippen molar-refractivity contribution in [3.63, 3.8) is 0 Å². The first-order valence-electron chi connectivity index (χ1n) is 7.10. The molecule has 0 amide bonds. The molecule has 0 radical (unpaired) electrons. The van der Waals surface area contributed by atoms with E-state index < -0.39 is 5.97 Å². The molecule has 5 heteroatoms. The van der Waals surface area contributed by atoms with Crippen LogP contribution in [0.5, 0.6) is 11.5 Å². The lowest BCUT2D eigenvalue weighted by Crippen LogP contribution is -2.44. The first-order valence-corrected chi connectivity index (χ1v) is 7.10. The van der Waals surface area contributed by atoms with Crippen LogP contribution in [0.4, 0.5) is 0 Å². The maximum absolute atomic E-state index is 11.3. The van der Waals surface area contributed by atoms with Gasteiger partial charge in [0, 0.05) is 12.1 Å². The standard InChI is InChI=1S/C15H19NO4/c17-15(18)12-5-1-2-7-16(12)10-11-4-3-6-13-14(11)20-9-8-19-13/h3-4,6,12H,1-2,5,7-10H2,(H,17,18)/t12-/m0/s1. The number of benzene rings is 1. The fourth-order valence-electron chi connectivity index (χ4n) is 2.94. The van der Waals surface area contributed by atoms with Crippen LogP contribution in [0.15, 0.2) is 18.2 Å². The molecule has 2 heterocycles. The molecule has 0 unspecified atom stereocenters. The van der Waals surface area contributed by atoms with E-state index in [0.717, 1.165) is 42.9 Å². The number of carboxylic acid groups (broad SMARTS) is 1. The molecule has 2 aliphatic heterocycles. The summed E-state index contributed by atoms with van der Waals surface area (Å²) in [7, 11) is 0. The van der Waals surface area contributed by atoms with Gasteiger partial charge in [0.1, 0.15) is 19.3 Å². The summed E-state index contributed by atoms with van der Waals surface area (Å²) in [5.74, 6) is 0.803. The molecule has 1 atom stereocenters. The molecule has 5 nitrogen and oxygen atoms in total. The number of hydrogen-bond acceptors (Lipinski definition) is 4. The smallest absolute Gasteiger partial charge is 0.320 e. The highest BCUT2D eigenvalue weighted by molar-refractivity contribution is 5.73. The molecule has 2 aliphatic rings. The van der Waals surface area contributed by atoms with Gasteiger partial charge in [0.05, 0.1) is 0 Å². The van der Waals surface area contributed by atoms with Crippen molar-refractivity contribution in [1.82, 2.24) is 4.90 Å². The lowest BCUT2D eigenvalue weighted by molar-refractivity contribution is -0.144. The minimum atomic E-state index is -0.730. The van der Waals surface area contributed by atoms with E-state index in [9.17, 15) is 9.90 Å². The van der Waals surface area contributed by atoms with Crippen LogP contribution in [0.3, 0.4) is 0 Å². The zero-order valence-corrected chi connectivity index (χ0v) is 11.4. The Balaban J connectivity index is 1.81. The van der Waals surface area contributed by atoms with Gasteiger partial charge >= 0.3 is 5.97 Å². The van der Waals surface area contributed by atoms with Gasteiger partial charge in [-0.25, -0.2) is 0 Å². The van der Waals surface area contributed by atoms with E-state index >= 15 is 0 Å². The minimum Gasteiger partial charge on any atom is -0.486 e. The van der Waals surface area contributed by atoms with Crippen molar-refractivity contribution in [3.05, 3.63) is 23.8 Å². The van der Waals surface area contributed by atoms with Crippen LogP contribution in [-0.4, -0.2) is 41.8 Å². The highest BCUT2D eigenvalue weighted by Crippen LogP contribution is 2.35. The van der Waals surface area contributed by atoms with Gasteiger partial charge in [0.15, 0.2) is 11.5 Å². The Bertz CT molecular complexity index is 503. The Morgan fingerprint density at radius 3 is 3.00 bits per heavy atom. The molecule has 3 rings (SSSR count). The lowest BCUT2D eigenvalue weighted by Gasteiger charge is -2.33. The van der Waals surface area contributed by atoms with E-state index in [1.54, 1.807) is 0 Å². The average Bonchev–Trinajstić information content (AvgIpc) is 2.48. The van der Waals surface area contributed by atoms with Crippen LogP contribution >= 0.6 is 0 Å². The predicted octanol–water partition coefficient (Wildman–Crippen LogP) is 1.90. The monoisotopic (exact) mass is 277 g/mol. The summed E-state index contributed by atoms with van der Waals surface area (Å²) in [6.45, 7) is 2.54. The van der Waals surface area contributed by atoms with Crippen molar-refractivity contribution in [2.24, 2.45) is 0 Å². The van der Waals surface area contributed by atoms with Crippen LogP contribution in [0.25, 0.3) is 0 Å². The van der Waals surface area contributed by atoms with E-state index in [4.69, 9.17) is 9.47 Å². The summed E-state index contributed by atoms with van der Waals surface area (Å²) in [6.07, 6.45) is 2.76. The third-order valence-electron chi connectivity index (χ3n) is 3.92. The number of likely N-dealkylation sites (tertiary alicyclic amines) is 1. The minimum absolute atomic E-state index is 0.385. The maximum Gasteiger partial charge on any atom is 0.320 e. The first kappa shape index (κ1) is 13.2. The molecule has 0 spiro atoms. The predicted molar refractivity (Wildman–Crippen MR) is 73.1 cm³/mol. The van der Waals surface area contributed by atoms with Crippen LogP contribution in [0, 0.1) is 0 Å². The van der Waals surface area contributed by atoms with Gasteiger partial charge in [-0.1, -0.05) is 18.6 Å². The molecule has 0 saturated carbocycles. The topological polar surface area (TPSA) is 59.0 Å². The van der Waals surface area contributed by atoms with Crippen LogP contribution in [-0.2, 0) is 11.3 Å². The molecule has 0 aliphatic carbocycles. The zero-order valence-electron chi connectivity index (χ0n) is 11.4. The average molecular weight is 277 g/mol. The molecule has 108 valence electrons. The highest BCUT2D eigenvalue weighted by atomic mass is 16.6. The third-order valence-corrected chi connectivity index (χ3v) is 3.92. The Kier molecular flexibility index (Phi) is 3.78. The molecule has 1 aromatic carbocycles. The summed E-state index contributed by atoms with van der Waals surface area (Å²) in [4.78, 5) is 13.4. The fourth-order valence-corrected chi connectivity index (χ4v) is 2.94. The van der Waals surface area contributed by atoms with Crippen molar-refractivity contribution < 1.29 is 19.4 Å². The summed E-state index contributed by atoms with van der Waals surface area (Å²) in [5.41, 5.74) is 1.01. The second kappa shape index (κ2) is 5.71. The molecular formula is C15H19NO4. The first-order chi connectivity index (χ1) is 9.75. The van der Waals surface area contributed by atoms with E-state index in [1.807, 2.05) is 23.1 Å². The molecule has 0 bridgehead atoms. The molecule has 20 heavy (non-hydrogen) atoms. The van der Waals surface area contributed by atoms with E-state index in [-0.39, 0.29) is 6.04 Å². The van der Waals surface area contributed by atoms with E-state index in [2.05, 4.69) is 0 Å². The van der Waals surface area contributed by atoms with Gasteiger partial charge in [-0.05, 0) is 25.5 Å². The second-order valence-corrected chi connectivity index (χ2v) is 5.26. The Morgan fingerprint density at radius 1 is 1.30 bits per heavy atom. The zero-order chi connectivity index (χ0) is 13.9. The Labute approximate surface area is 118 Å². The van der Waals surface area contributed by atoms with Crippen LogP contribution in [0.2, 0.25) is 0 Å². The summed E-state index contributed by atoms with van der Waals surface area (Å²) < 4.78 is 11.3. The molecule has 1 fully saturated rings. The lowest BCUT2D eigenvalue weighted by atomic mass is 10.0. The fraction of sp³-hybridized carbons (Fsp3) is 0.533. The third kappa shape index (κ3) is 2.58. The number of para-hydroxylation sites is 1. The van der Waals surface area contributed by atoms with Crippen LogP contribution in [0.1, 0.15) is 24.8 Å². The summed E-state index contributed by atoms with van der Waals surface area (Å²) in [5, 5.41) is 9.33. The van der Waals surface area contributed by atoms with Crippen molar-refractivity contribution in [1.29, 1.82) is 0 Å². The number of fused-ring (bicyclic) bond motifs is 1. The summed E-state index contributed by atoms with van der Waals surface area (Å²) >= 11 is 0. The van der Waals surface area contributed by atoms with Crippen molar-refractivity contribution in [2.45, 2.75) is 31.8 Å². The number of ether oxygens (including phenoxy) is 2. The van der Waals surface area contributed by atoms with Crippen molar-refractivity contribution in [2.75, 3.05) is 19.8 Å². The number of hydrogen-bond donors (Lipinski definition) is 1. The van der Waals surface area contributed by atoms with Gasteiger partial charge in [0.2, 0.25) is 0 Å². The molecule has 0 aromatic heterocycles.